The molecule has 0 N–H and O–H groups in total. The zero-order valence-electron chi connectivity index (χ0n) is 15.4. The Morgan fingerprint density at radius 2 is 1.93 bits per heavy atom. The first kappa shape index (κ1) is 19.2. The largest absolute Gasteiger partial charge is 0.345 e. The molecule has 0 aliphatic carbocycles. The van der Waals surface area contributed by atoms with E-state index in [0.717, 1.165) is 6.07 Å². The third kappa shape index (κ3) is 3.51. The van der Waals surface area contributed by atoms with Crippen LogP contribution in [0.25, 0.3) is 10.2 Å². The summed E-state index contributed by atoms with van der Waals surface area (Å²) in [6, 6.07) is 6.53. The van der Waals surface area contributed by atoms with E-state index in [-0.39, 0.29) is 17.1 Å². The number of benzene rings is 2. The van der Waals surface area contributed by atoms with Crippen molar-refractivity contribution in [2.24, 2.45) is 0 Å². The minimum Gasteiger partial charge on any atom is -0.345 e. The number of nitrogens with zero attached hydrogens (tertiary/aromatic N) is 4. The van der Waals surface area contributed by atoms with Crippen LogP contribution in [0.15, 0.2) is 30.3 Å². The fourth-order valence-electron chi connectivity index (χ4n) is 3.40. The van der Waals surface area contributed by atoms with Gasteiger partial charge in [0.1, 0.15) is 11.3 Å². The van der Waals surface area contributed by atoms with Crippen LogP contribution >= 0.6 is 11.3 Å². The van der Waals surface area contributed by atoms with Crippen molar-refractivity contribution in [2.75, 3.05) is 31.1 Å². The molecule has 0 bridgehead atoms. The Kier molecular flexibility index (Phi) is 4.87. The molecule has 7 nitrogen and oxygen atoms in total. The van der Waals surface area contributed by atoms with Crippen molar-refractivity contribution in [2.45, 2.75) is 6.92 Å². The number of amides is 1. The molecule has 0 spiro atoms. The number of fused-ring (bicyclic) bond motifs is 1. The van der Waals surface area contributed by atoms with Crippen LogP contribution in [0.2, 0.25) is 0 Å². The monoisotopic (exact) mass is 418 g/mol. The van der Waals surface area contributed by atoms with Gasteiger partial charge in [-0.2, -0.15) is 0 Å². The fourth-order valence-corrected chi connectivity index (χ4v) is 4.46. The first-order valence-corrected chi connectivity index (χ1v) is 9.70. The third-order valence-electron chi connectivity index (χ3n) is 4.97. The van der Waals surface area contributed by atoms with Gasteiger partial charge in [-0.3, -0.25) is 14.9 Å². The maximum absolute atomic E-state index is 13.9. The third-order valence-corrected chi connectivity index (χ3v) is 6.03. The van der Waals surface area contributed by atoms with Crippen LogP contribution < -0.4 is 4.90 Å². The Morgan fingerprint density at radius 3 is 2.62 bits per heavy atom. The summed E-state index contributed by atoms with van der Waals surface area (Å²) >= 11 is 1.20. The van der Waals surface area contributed by atoms with Crippen molar-refractivity contribution >= 4 is 38.3 Å². The molecule has 1 saturated heterocycles. The number of carbonyl (C=O) groups is 1. The Balaban J connectivity index is 1.50. The van der Waals surface area contributed by atoms with Gasteiger partial charge in [-0.25, -0.2) is 13.8 Å². The number of anilines is 1. The summed E-state index contributed by atoms with van der Waals surface area (Å²) < 4.78 is 27.7. The molecule has 150 valence electrons. The standard InChI is InChI=1S/C19H16F2N4O3S/c1-11-13(3-2-4-15(11)25(27)28)18(26)23-5-7-24(8-6-23)19-22-17-14(21)9-12(20)10-16(17)29-19/h2-4,9-10H,5-8H2,1H3. The van der Waals surface area contributed by atoms with Gasteiger partial charge in [0.15, 0.2) is 10.9 Å². The normalized spacial score (nSPS) is 14.4. The summed E-state index contributed by atoms with van der Waals surface area (Å²) in [5.41, 5.74) is 0.703. The number of rotatable bonds is 3. The number of hydrogen-bond donors (Lipinski definition) is 0. The Morgan fingerprint density at radius 1 is 1.21 bits per heavy atom. The lowest BCUT2D eigenvalue weighted by Gasteiger charge is -2.34. The number of halogens is 2. The Hall–Kier alpha value is -3.14. The SMILES string of the molecule is Cc1c(C(=O)N2CCN(c3nc4c(F)cc(F)cc4s3)CC2)cccc1[N+](=O)[O-]. The van der Waals surface area contributed by atoms with Crippen LogP contribution in [-0.4, -0.2) is 46.9 Å². The Labute approximate surface area is 168 Å². The molecule has 29 heavy (non-hydrogen) atoms. The van der Waals surface area contributed by atoms with Crippen LogP contribution in [0, 0.1) is 28.7 Å². The lowest BCUT2D eigenvalue weighted by molar-refractivity contribution is -0.385. The number of nitro groups is 1. The first-order valence-electron chi connectivity index (χ1n) is 8.89. The van der Waals surface area contributed by atoms with E-state index in [9.17, 15) is 23.7 Å². The molecular weight excluding hydrogens is 402 g/mol. The molecule has 0 atom stereocenters. The highest BCUT2D eigenvalue weighted by molar-refractivity contribution is 7.22. The predicted molar refractivity (Wildman–Crippen MR) is 105 cm³/mol. The van der Waals surface area contributed by atoms with Crippen molar-refractivity contribution < 1.29 is 18.5 Å². The number of carbonyl (C=O) groups excluding carboxylic acids is 1. The fraction of sp³-hybridized carbons (Fsp3) is 0.263. The van der Waals surface area contributed by atoms with Crippen LogP contribution in [0.4, 0.5) is 19.6 Å². The molecule has 1 aromatic heterocycles. The minimum absolute atomic E-state index is 0.0850. The molecule has 0 radical (unpaired) electrons. The van der Waals surface area contributed by atoms with Crippen molar-refractivity contribution in [3.05, 3.63) is 63.2 Å². The summed E-state index contributed by atoms with van der Waals surface area (Å²) in [7, 11) is 0. The second kappa shape index (κ2) is 7.36. The van der Waals surface area contributed by atoms with E-state index in [1.807, 2.05) is 4.90 Å². The van der Waals surface area contributed by atoms with Gasteiger partial charge in [0.25, 0.3) is 11.6 Å². The molecule has 1 aliphatic heterocycles. The van der Waals surface area contributed by atoms with Crippen molar-refractivity contribution in [3.8, 4) is 0 Å². The minimum atomic E-state index is -0.697. The zero-order valence-corrected chi connectivity index (χ0v) is 16.2. The van der Waals surface area contributed by atoms with E-state index in [2.05, 4.69) is 4.98 Å². The predicted octanol–water partition coefficient (Wildman–Crippen LogP) is 3.75. The van der Waals surface area contributed by atoms with Crippen LogP contribution in [0.1, 0.15) is 15.9 Å². The summed E-state index contributed by atoms with van der Waals surface area (Å²) in [6.07, 6.45) is 0. The summed E-state index contributed by atoms with van der Waals surface area (Å²) in [5, 5.41) is 11.7. The first-order chi connectivity index (χ1) is 13.8. The van der Waals surface area contributed by atoms with Crippen LogP contribution in [0.5, 0.6) is 0 Å². The van der Waals surface area contributed by atoms with Crippen molar-refractivity contribution in [3.63, 3.8) is 0 Å². The van der Waals surface area contributed by atoms with E-state index in [0.29, 0.717) is 47.1 Å². The molecule has 2 heterocycles. The van der Waals surface area contributed by atoms with E-state index in [1.165, 1.54) is 29.5 Å². The summed E-state index contributed by atoms with van der Waals surface area (Å²) in [5.74, 6) is -1.60. The van der Waals surface area contributed by atoms with Gasteiger partial charge in [-0.05, 0) is 19.1 Å². The lowest BCUT2D eigenvalue weighted by Crippen LogP contribution is -2.48. The molecule has 1 amide bonds. The quantitative estimate of drug-likeness (QED) is 0.478. The lowest BCUT2D eigenvalue weighted by atomic mass is 10.1. The molecule has 10 heteroatoms. The van der Waals surface area contributed by atoms with Gasteiger partial charge >= 0.3 is 0 Å². The average molecular weight is 418 g/mol. The van der Waals surface area contributed by atoms with E-state index < -0.39 is 16.6 Å². The maximum Gasteiger partial charge on any atom is 0.273 e. The molecular formula is C19H16F2N4O3S. The van der Waals surface area contributed by atoms with Gasteiger partial charge in [-0.15, -0.1) is 0 Å². The molecule has 0 saturated carbocycles. The van der Waals surface area contributed by atoms with E-state index >= 15 is 0 Å². The number of aromatic nitrogens is 1. The maximum atomic E-state index is 13.9. The summed E-state index contributed by atoms with van der Waals surface area (Å²) in [4.78, 5) is 31.3. The Bertz CT molecular complexity index is 1130. The van der Waals surface area contributed by atoms with E-state index in [4.69, 9.17) is 0 Å². The van der Waals surface area contributed by atoms with Gasteiger partial charge in [-0.1, -0.05) is 17.4 Å². The number of piperazine rings is 1. The molecule has 1 aliphatic rings. The second-order valence-corrected chi connectivity index (χ2v) is 7.73. The highest BCUT2D eigenvalue weighted by Gasteiger charge is 2.27. The number of hydrogen-bond acceptors (Lipinski definition) is 6. The van der Waals surface area contributed by atoms with Gasteiger partial charge in [0.2, 0.25) is 0 Å². The van der Waals surface area contributed by atoms with Gasteiger partial charge in [0.05, 0.1) is 9.62 Å². The molecule has 1 fully saturated rings. The van der Waals surface area contributed by atoms with Gasteiger partial charge in [0, 0.05) is 49.4 Å². The topological polar surface area (TPSA) is 79.6 Å². The molecule has 2 aromatic carbocycles. The van der Waals surface area contributed by atoms with E-state index in [1.54, 1.807) is 17.9 Å². The zero-order chi connectivity index (χ0) is 20.7. The molecule has 3 aromatic rings. The highest BCUT2D eigenvalue weighted by Crippen LogP contribution is 2.32. The number of nitro benzene ring substituents is 1. The van der Waals surface area contributed by atoms with Crippen LogP contribution in [-0.2, 0) is 0 Å². The van der Waals surface area contributed by atoms with Crippen molar-refractivity contribution in [1.82, 2.24) is 9.88 Å². The molecule has 0 unspecified atom stereocenters. The summed E-state index contributed by atoms with van der Waals surface area (Å²) in [6.45, 7) is 3.31. The second-order valence-electron chi connectivity index (χ2n) is 6.72. The van der Waals surface area contributed by atoms with Crippen LogP contribution in [0.3, 0.4) is 0 Å². The number of thiazole rings is 1. The smallest absolute Gasteiger partial charge is 0.273 e. The highest BCUT2D eigenvalue weighted by atomic mass is 32.1. The van der Waals surface area contributed by atoms with Gasteiger partial charge < -0.3 is 9.80 Å². The average Bonchev–Trinajstić information content (AvgIpc) is 3.12. The van der Waals surface area contributed by atoms with Crippen molar-refractivity contribution in [1.29, 1.82) is 0 Å². The molecule has 4 rings (SSSR count).